The summed E-state index contributed by atoms with van der Waals surface area (Å²) < 4.78 is 9.84. The zero-order chi connectivity index (χ0) is 16.5. The van der Waals surface area contributed by atoms with E-state index >= 15 is 0 Å². The number of carbonyl (C=O) groups excluding carboxylic acids is 3. The van der Waals surface area contributed by atoms with Gasteiger partial charge in [-0.1, -0.05) is 32.3 Å². The molecule has 0 aromatic heterocycles. The lowest BCUT2D eigenvalue weighted by atomic mass is 10.1. The summed E-state index contributed by atoms with van der Waals surface area (Å²) in [5, 5.41) is 1.78. The zero-order valence-corrected chi connectivity index (χ0v) is 13.4. The fourth-order valence-corrected chi connectivity index (χ4v) is 2.19. The Balaban J connectivity index is 2.99. The largest absolute Gasteiger partial charge is 0.448 e. The van der Waals surface area contributed by atoms with E-state index in [4.69, 9.17) is 9.47 Å². The number of nitrogens with zero attached hydrogens (tertiary/aromatic N) is 2. The van der Waals surface area contributed by atoms with Crippen LogP contribution in [0.3, 0.4) is 0 Å². The number of rotatable bonds is 6. The molecule has 1 heterocycles. The maximum absolute atomic E-state index is 12.2. The number of hydrazine groups is 1. The molecule has 1 atom stereocenters. The number of hydrogen-bond donors (Lipinski definition) is 0. The summed E-state index contributed by atoms with van der Waals surface area (Å²) in [6.45, 7) is 5.65. The molecule has 1 aliphatic heterocycles. The van der Waals surface area contributed by atoms with E-state index in [1.54, 1.807) is 19.9 Å². The van der Waals surface area contributed by atoms with Gasteiger partial charge in [-0.3, -0.25) is 4.79 Å². The third-order valence-electron chi connectivity index (χ3n) is 3.20. The van der Waals surface area contributed by atoms with Gasteiger partial charge in [0.1, 0.15) is 0 Å². The molecule has 22 heavy (non-hydrogen) atoms. The summed E-state index contributed by atoms with van der Waals surface area (Å²) in [6.07, 6.45) is 4.90. The van der Waals surface area contributed by atoms with E-state index in [2.05, 4.69) is 6.92 Å². The van der Waals surface area contributed by atoms with Crippen LogP contribution in [0.2, 0.25) is 0 Å². The Labute approximate surface area is 130 Å². The molecule has 1 rings (SSSR count). The molecule has 7 heteroatoms. The molecule has 0 fully saturated rings. The molecule has 1 aliphatic rings. The molecule has 0 radical (unpaired) electrons. The normalized spacial score (nSPS) is 17.6. The van der Waals surface area contributed by atoms with Gasteiger partial charge in [0.05, 0.1) is 19.3 Å². The van der Waals surface area contributed by atoms with Crippen LogP contribution in [0.25, 0.3) is 0 Å². The molecular weight excluding hydrogens is 288 g/mol. The van der Waals surface area contributed by atoms with Crippen molar-refractivity contribution in [1.29, 1.82) is 0 Å². The van der Waals surface area contributed by atoms with E-state index in [1.807, 2.05) is 0 Å². The molecule has 0 aromatic rings. The van der Waals surface area contributed by atoms with Gasteiger partial charge in [0.15, 0.2) is 0 Å². The summed E-state index contributed by atoms with van der Waals surface area (Å²) >= 11 is 0. The van der Waals surface area contributed by atoms with E-state index in [0.717, 1.165) is 29.3 Å². The van der Waals surface area contributed by atoms with Crippen molar-refractivity contribution in [2.45, 2.75) is 52.5 Å². The van der Waals surface area contributed by atoms with Crippen molar-refractivity contribution in [3.05, 3.63) is 12.2 Å². The predicted octanol–water partition coefficient (Wildman–Crippen LogP) is 2.86. The lowest BCUT2D eigenvalue weighted by Crippen LogP contribution is -2.58. The molecule has 0 aliphatic carbocycles. The van der Waals surface area contributed by atoms with Crippen LogP contribution < -0.4 is 0 Å². The van der Waals surface area contributed by atoms with Gasteiger partial charge in [-0.25, -0.2) is 9.59 Å². The Morgan fingerprint density at radius 1 is 1.09 bits per heavy atom. The zero-order valence-electron chi connectivity index (χ0n) is 13.4. The number of amides is 3. The fourth-order valence-electron chi connectivity index (χ4n) is 2.19. The number of carbonyl (C=O) groups is 3. The van der Waals surface area contributed by atoms with Crippen LogP contribution in [-0.4, -0.2) is 47.4 Å². The Kier molecular flexibility index (Phi) is 7.42. The van der Waals surface area contributed by atoms with Crippen LogP contribution in [0.15, 0.2) is 12.2 Å². The highest BCUT2D eigenvalue weighted by molar-refractivity contribution is 6.00. The molecule has 0 unspecified atom stereocenters. The molecule has 124 valence electrons. The number of ether oxygens (including phenoxy) is 2. The third-order valence-corrected chi connectivity index (χ3v) is 3.20. The van der Waals surface area contributed by atoms with Gasteiger partial charge in [-0.15, -0.1) is 5.01 Å². The summed E-state index contributed by atoms with van der Waals surface area (Å²) in [5.41, 5.74) is 0. The van der Waals surface area contributed by atoms with Crippen molar-refractivity contribution in [3.8, 4) is 0 Å². The highest BCUT2D eigenvalue weighted by Gasteiger charge is 2.39. The number of unbranched alkanes of at least 4 members (excludes halogenated alkanes) is 2. The second kappa shape index (κ2) is 9.07. The summed E-state index contributed by atoms with van der Waals surface area (Å²) in [7, 11) is 0. The molecule has 0 spiro atoms. The Bertz CT molecular complexity index is 436. The molecule has 3 amide bonds. The Hall–Kier alpha value is -2.05. The molecule has 0 bridgehead atoms. The molecule has 0 aromatic carbocycles. The molecule has 0 N–H and O–H groups in total. The van der Waals surface area contributed by atoms with Crippen LogP contribution in [0.1, 0.15) is 46.5 Å². The predicted molar refractivity (Wildman–Crippen MR) is 79.8 cm³/mol. The minimum atomic E-state index is -0.870. The van der Waals surface area contributed by atoms with Crippen molar-refractivity contribution < 1.29 is 23.9 Å². The van der Waals surface area contributed by atoms with Crippen LogP contribution in [-0.2, 0) is 14.3 Å². The first-order chi connectivity index (χ1) is 10.6. The van der Waals surface area contributed by atoms with E-state index in [1.165, 1.54) is 6.08 Å². The minimum Gasteiger partial charge on any atom is -0.448 e. The molecule has 0 saturated carbocycles. The molecular formula is C15H24N2O5. The number of imide groups is 1. The summed E-state index contributed by atoms with van der Waals surface area (Å²) in [6, 6.07) is -0.396. The van der Waals surface area contributed by atoms with Gasteiger partial charge in [0.2, 0.25) is 0 Å². The molecule has 0 saturated heterocycles. The fraction of sp³-hybridized carbons (Fsp3) is 0.667. The average Bonchev–Trinajstić information content (AvgIpc) is 2.48. The van der Waals surface area contributed by atoms with Crippen molar-refractivity contribution in [2.24, 2.45) is 0 Å². The van der Waals surface area contributed by atoms with Gasteiger partial charge >= 0.3 is 12.2 Å². The van der Waals surface area contributed by atoms with E-state index in [0.29, 0.717) is 6.42 Å². The highest BCUT2D eigenvalue weighted by Crippen LogP contribution is 2.21. The van der Waals surface area contributed by atoms with E-state index in [9.17, 15) is 14.4 Å². The van der Waals surface area contributed by atoms with Crippen molar-refractivity contribution in [1.82, 2.24) is 10.0 Å². The van der Waals surface area contributed by atoms with Crippen LogP contribution in [0.4, 0.5) is 9.59 Å². The van der Waals surface area contributed by atoms with Gasteiger partial charge in [0.25, 0.3) is 5.91 Å². The lowest BCUT2D eigenvalue weighted by molar-refractivity contribution is -0.140. The first-order valence-electron chi connectivity index (χ1n) is 7.71. The van der Waals surface area contributed by atoms with E-state index < -0.39 is 24.1 Å². The maximum atomic E-state index is 12.2. The van der Waals surface area contributed by atoms with Gasteiger partial charge < -0.3 is 9.47 Å². The number of hydrogen-bond acceptors (Lipinski definition) is 5. The Morgan fingerprint density at radius 3 is 2.32 bits per heavy atom. The Morgan fingerprint density at radius 2 is 1.73 bits per heavy atom. The lowest BCUT2D eigenvalue weighted by Gasteiger charge is -2.37. The monoisotopic (exact) mass is 312 g/mol. The quantitative estimate of drug-likeness (QED) is 0.705. The second-order valence-electron chi connectivity index (χ2n) is 4.81. The molecule has 7 nitrogen and oxygen atoms in total. The van der Waals surface area contributed by atoms with Crippen molar-refractivity contribution >= 4 is 18.1 Å². The smallest absolute Gasteiger partial charge is 0.436 e. The first kappa shape index (κ1) is 18.0. The highest BCUT2D eigenvalue weighted by atomic mass is 16.6. The van der Waals surface area contributed by atoms with Gasteiger partial charge in [-0.2, -0.15) is 5.01 Å². The van der Waals surface area contributed by atoms with Crippen LogP contribution >= 0.6 is 0 Å². The standard InChI is InChI=1S/C15H24N2O5/c1-4-7-8-9-12-10-11-13(18)17(15(20)22-6-3)16(12)14(19)21-5-2/h10-12H,4-9H2,1-3H3/t12-/m0/s1. The van der Waals surface area contributed by atoms with Crippen LogP contribution in [0, 0.1) is 0 Å². The maximum Gasteiger partial charge on any atom is 0.436 e. The second-order valence-corrected chi connectivity index (χ2v) is 4.81. The first-order valence-corrected chi connectivity index (χ1v) is 7.71. The third kappa shape index (κ3) is 4.47. The minimum absolute atomic E-state index is 0.115. The van der Waals surface area contributed by atoms with Gasteiger partial charge in [0, 0.05) is 6.08 Å². The van der Waals surface area contributed by atoms with Crippen molar-refractivity contribution in [2.75, 3.05) is 13.2 Å². The summed E-state index contributed by atoms with van der Waals surface area (Å²) in [4.78, 5) is 36.2. The van der Waals surface area contributed by atoms with Crippen molar-refractivity contribution in [3.63, 3.8) is 0 Å². The van der Waals surface area contributed by atoms with Gasteiger partial charge in [-0.05, 0) is 20.3 Å². The average molecular weight is 312 g/mol. The SMILES string of the molecule is CCCCC[C@H]1C=CC(=O)N(C(=O)OCC)N1C(=O)OCC. The topological polar surface area (TPSA) is 76.2 Å². The summed E-state index contributed by atoms with van der Waals surface area (Å²) in [5.74, 6) is -0.613. The van der Waals surface area contributed by atoms with Crippen LogP contribution in [0.5, 0.6) is 0 Å². The van der Waals surface area contributed by atoms with E-state index in [-0.39, 0.29) is 13.2 Å².